The Labute approximate surface area is 153 Å². The first-order valence-corrected chi connectivity index (χ1v) is 8.72. The predicted molar refractivity (Wildman–Crippen MR) is 101 cm³/mol. The van der Waals surface area contributed by atoms with Gasteiger partial charge in [-0.1, -0.05) is 26.0 Å². The minimum atomic E-state index is -0.216. The number of benzene rings is 1. The molecule has 6 nitrogen and oxygen atoms in total. The van der Waals surface area contributed by atoms with Crippen LogP contribution in [0.1, 0.15) is 42.5 Å². The smallest absolute Gasteiger partial charge is 0.255 e. The summed E-state index contributed by atoms with van der Waals surface area (Å²) in [6.07, 6.45) is 2.52. The van der Waals surface area contributed by atoms with Gasteiger partial charge in [-0.25, -0.2) is 9.97 Å². The fourth-order valence-corrected chi connectivity index (χ4v) is 3.12. The summed E-state index contributed by atoms with van der Waals surface area (Å²) in [6, 6.07) is 10.8. The molecule has 3 rings (SSSR count). The predicted octanol–water partition coefficient (Wildman–Crippen LogP) is 3.49. The van der Waals surface area contributed by atoms with Gasteiger partial charge in [0.15, 0.2) is 5.65 Å². The molecule has 0 unspecified atom stereocenters. The number of fused-ring (bicyclic) bond motifs is 1. The molecule has 136 valence electrons. The van der Waals surface area contributed by atoms with E-state index >= 15 is 0 Å². The maximum absolute atomic E-state index is 12.9. The van der Waals surface area contributed by atoms with Crippen LogP contribution in [0.25, 0.3) is 11.2 Å². The van der Waals surface area contributed by atoms with Gasteiger partial charge in [0.1, 0.15) is 17.1 Å². The summed E-state index contributed by atoms with van der Waals surface area (Å²) in [5.41, 5.74) is 2.15. The number of nitrogens with one attached hydrogen (secondary N) is 1. The zero-order valence-electron chi connectivity index (χ0n) is 15.6. The zero-order valence-corrected chi connectivity index (χ0v) is 15.6. The molecule has 26 heavy (non-hydrogen) atoms. The molecule has 0 aliphatic carbocycles. The number of methoxy groups -OCH3 is 1. The van der Waals surface area contributed by atoms with Gasteiger partial charge < -0.3 is 14.6 Å². The number of carbonyl (C=O) groups excluding carboxylic acids is 1. The van der Waals surface area contributed by atoms with Gasteiger partial charge in [0, 0.05) is 13.2 Å². The number of amides is 1. The summed E-state index contributed by atoms with van der Waals surface area (Å²) in [4.78, 5) is 22.0. The Hall–Kier alpha value is -2.89. The minimum absolute atomic E-state index is 0.173. The summed E-state index contributed by atoms with van der Waals surface area (Å²) in [5.74, 6) is 1.58. The average molecular weight is 352 g/mol. The molecule has 1 atom stereocenters. The Morgan fingerprint density at radius 2 is 2.00 bits per heavy atom. The van der Waals surface area contributed by atoms with Gasteiger partial charge >= 0.3 is 0 Å². The standard InChI is InChI=1S/C20H24N4O2/c1-13(2)12-16(19-22-15-9-7-11-21-18(15)24(19)3)23-20(25)14-8-5-6-10-17(14)26-4/h5-11,13,16H,12H2,1-4H3,(H,23,25)/t16-/m1/s1. The van der Waals surface area contributed by atoms with Crippen molar-refractivity contribution >= 4 is 17.1 Å². The van der Waals surface area contributed by atoms with Crippen molar-refractivity contribution in [3.05, 3.63) is 54.0 Å². The number of nitrogens with zero attached hydrogens (tertiary/aromatic N) is 3. The van der Waals surface area contributed by atoms with E-state index in [0.717, 1.165) is 23.4 Å². The fraction of sp³-hybridized carbons (Fsp3) is 0.350. The molecule has 0 spiro atoms. The van der Waals surface area contributed by atoms with Gasteiger partial charge in [-0.2, -0.15) is 0 Å². The van der Waals surface area contributed by atoms with Gasteiger partial charge in [-0.15, -0.1) is 0 Å². The van der Waals surface area contributed by atoms with Crippen LogP contribution < -0.4 is 10.1 Å². The van der Waals surface area contributed by atoms with Crippen LogP contribution in [0.2, 0.25) is 0 Å². The van der Waals surface area contributed by atoms with Crippen LogP contribution >= 0.6 is 0 Å². The number of rotatable bonds is 6. The van der Waals surface area contributed by atoms with Gasteiger partial charge in [0.2, 0.25) is 0 Å². The van der Waals surface area contributed by atoms with Gasteiger partial charge in [0.05, 0.1) is 18.7 Å². The molecule has 1 amide bonds. The third-order valence-corrected chi connectivity index (χ3v) is 4.34. The lowest BCUT2D eigenvalue weighted by Gasteiger charge is -2.21. The third kappa shape index (κ3) is 3.54. The molecular formula is C20H24N4O2. The lowest BCUT2D eigenvalue weighted by molar-refractivity contribution is 0.0926. The van der Waals surface area contributed by atoms with E-state index < -0.39 is 0 Å². The molecule has 1 aromatic carbocycles. The maximum Gasteiger partial charge on any atom is 0.255 e. The molecule has 0 aliphatic rings. The van der Waals surface area contributed by atoms with Crippen molar-refractivity contribution in [2.75, 3.05) is 7.11 Å². The molecule has 0 radical (unpaired) electrons. The Kier molecular flexibility index (Phi) is 5.21. The summed E-state index contributed by atoms with van der Waals surface area (Å²) in [6.45, 7) is 4.26. The molecule has 3 aromatic rings. The number of para-hydroxylation sites is 1. The minimum Gasteiger partial charge on any atom is -0.496 e. The number of hydrogen-bond donors (Lipinski definition) is 1. The second kappa shape index (κ2) is 7.56. The van der Waals surface area contributed by atoms with Gasteiger partial charge in [-0.05, 0) is 36.6 Å². The Balaban J connectivity index is 1.95. The third-order valence-electron chi connectivity index (χ3n) is 4.34. The van der Waals surface area contributed by atoms with Crippen LogP contribution in [0.4, 0.5) is 0 Å². The number of aryl methyl sites for hydroxylation is 1. The molecule has 6 heteroatoms. The molecule has 2 aromatic heterocycles. The van der Waals surface area contributed by atoms with Crippen LogP contribution in [-0.4, -0.2) is 27.6 Å². The summed E-state index contributed by atoms with van der Waals surface area (Å²) >= 11 is 0. The lowest BCUT2D eigenvalue weighted by Crippen LogP contribution is -2.31. The number of pyridine rings is 1. The Bertz CT molecular complexity index is 917. The average Bonchev–Trinajstić information content (AvgIpc) is 2.98. The van der Waals surface area contributed by atoms with E-state index in [1.165, 1.54) is 0 Å². The van der Waals surface area contributed by atoms with Crippen molar-refractivity contribution < 1.29 is 9.53 Å². The summed E-state index contributed by atoms with van der Waals surface area (Å²) in [5, 5.41) is 3.13. The SMILES string of the molecule is COc1ccccc1C(=O)N[C@H](CC(C)C)c1nc2cccnc2n1C. The van der Waals surface area contributed by atoms with Crippen molar-refractivity contribution in [1.29, 1.82) is 0 Å². The molecule has 0 bridgehead atoms. The number of aromatic nitrogens is 3. The molecule has 0 saturated heterocycles. The van der Waals surface area contributed by atoms with Crippen molar-refractivity contribution in [1.82, 2.24) is 19.9 Å². The number of ether oxygens (including phenoxy) is 1. The Morgan fingerprint density at radius 3 is 2.69 bits per heavy atom. The first-order valence-electron chi connectivity index (χ1n) is 8.72. The highest BCUT2D eigenvalue weighted by atomic mass is 16.5. The van der Waals surface area contributed by atoms with E-state index in [0.29, 0.717) is 17.2 Å². The molecule has 0 fully saturated rings. The fourth-order valence-electron chi connectivity index (χ4n) is 3.12. The van der Waals surface area contributed by atoms with Crippen molar-refractivity contribution in [2.24, 2.45) is 13.0 Å². The van der Waals surface area contributed by atoms with E-state index in [9.17, 15) is 4.79 Å². The van der Waals surface area contributed by atoms with E-state index in [1.807, 2.05) is 35.9 Å². The van der Waals surface area contributed by atoms with Crippen LogP contribution in [-0.2, 0) is 7.05 Å². The van der Waals surface area contributed by atoms with Crippen molar-refractivity contribution in [2.45, 2.75) is 26.3 Å². The highest BCUT2D eigenvalue weighted by Gasteiger charge is 2.24. The largest absolute Gasteiger partial charge is 0.496 e. The van der Waals surface area contributed by atoms with Gasteiger partial charge in [-0.3, -0.25) is 4.79 Å². The Morgan fingerprint density at radius 1 is 1.23 bits per heavy atom. The second-order valence-corrected chi connectivity index (χ2v) is 6.73. The monoisotopic (exact) mass is 352 g/mol. The van der Waals surface area contributed by atoms with Gasteiger partial charge in [0.25, 0.3) is 5.91 Å². The second-order valence-electron chi connectivity index (χ2n) is 6.73. The molecule has 0 saturated carbocycles. The number of imidazole rings is 1. The molecule has 0 aliphatic heterocycles. The molecular weight excluding hydrogens is 328 g/mol. The van der Waals surface area contributed by atoms with E-state index in [-0.39, 0.29) is 11.9 Å². The molecule has 1 N–H and O–H groups in total. The van der Waals surface area contributed by atoms with Crippen LogP contribution in [0.5, 0.6) is 5.75 Å². The van der Waals surface area contributed by atoms with E-state index in [2.05, 4.69) is 24.1 Å². The topological polar surface area (TPSA) is 69.0 Å². The highest BCUT2D eigenvalue weighted by molar-refractivity contribution is 5.97. The normalized spacial score (nSPS) is 12.3. The van der Waals surface area contributed by atoms with Crippen molar-refractivity contribution in [3.8, 4) is 5.75 Å². The van der Waals surface area contributed by atoms with E-state index in [4.69, 9.17) is 9.72 Å². The van der Waals surface area contributed by atoms with Crippen LogP contribution in [0.15, 0.2) is 42.6 Å². The molecule has 2 heterocycles. The van der Waals surface area contributed by atoms with Crippen LogP contribution in [0, 0.1) is 5.92 Å². The lowest BCUT2D eigenvalue weighted by atomic mass is 10.0. The number of hydrogen-bond acceptors (Lipinski definition) is 4. The van der Waals surface area contributed by atoms with E-state index in [1.54, 1.807) is 25.4 Å². The highest BCUT2D eigenvalue weighted by Crippen LogP contribution is 2.25. The first kappa shape index (κ1) is 17.9. The maximum atomic E-state index is 12.9. The number of carbonyl (C=O) groups is 1. The quantitative estimate of drug-likeness (QED) is 0.737. The van der Waals surface area contributed by atoms with Crippen LogP contribution in [0.3, 0.4) is 0 Å². The zero-order chi connectivity index (χ0) is 18.7. The summed E-state index contributed by atoms with van der Waals surface area (Å²) in [7, 11) is 3.50. The van der Waals surface area contributed by atoms with Crippen molar-refractivity contribution in [3.63, 3.8) is 0 Å². The summed E-state index contributed by atoms with van der Waals surface area (Å²) < 4.78 is 7.26. The first-order chi connectivity index (χ1) is 12.5.